The average molecular weight is 244 g/mol. The second-order valence-corrected chi connectivity index (χ2v) is 5.14. The Morgan fingerprint density at radius 1 is 1.47 bits per heavy atom. The average Bonchev–Trinajstić information content (AvgIpc) is 2.25. The van der Waals surface area contributed by atoms with E-state index in [2.05, 4.69) is 28.5 Å². The Kier molecular flexibility index (Phi) is 5.04. The zero-order valence-electron chi connectivity index (χ0n) is 9.15. The van der Waals surface area contributed by atoms with E-state index in [0.29, 0.717) is 16.2 Å². The van der Waals surface area contributed by atoms with Crippen LogP contribution in [0.4, 0.5) is 11.6 Å². The second kappa shape index (κ2) is 6.07. The molecule has 1 atom stereocenters. The Morgan fingerprint density at radius 3 is 2.80 bits per heavy atom. The smallest absolute Gasteiger partial charge is 0.191 e. The van der Waals surface area contributed by atoms with Crippen molar-refractivity contribution >= 4 is 35.2 Å². The summed E-state index contributed by atoms with van der Waals surface area (Å²) in [6.45, 7) is 3.04. The fourth-order valence-electron chi connectivity index (χ4n) is 0.957. The molecule has 15 heavy (non-hydrogen) atoms. The first-order valence-electron chi connectivity index (χ1n) is 4.61. The highest BCUT2D eigenvalue weighted by Crippen LogP contribution is 2.15. The molecule has 1 heterocycles. The normalized spacial score (nSPS) is 12.5. The summed E-state index contributed by atoms with van der Waals surface area (Å²) in [4.78, 5) is 8.39. The zero-order valence-corrected chi connectivity index (χ0v) is 10.8. The lowest BCUT2D eigenvalue weighted by Gasteiger charge is -2.11. The van der Waals surface area contributed by atoms with Crippen molar-refractivity contribution in [1.82, 2.24) is 9.97 Å². The summed E-state index contributed by atoms with van der Waals surface area (Å²) in [7, 11) is 0. The van der Waals surface area contributed by atoms with E-state index >= 15 is 0 Å². The van der Waals surface area contributed by atoms with Crippen LogP contribution in [0.15, 0.2) is 11.2 Å². The maximum absolute atomic E-state index is 5.66. The van der Waals surface area contributed by atoms with Gasteiger partial charge in [0.2, 0.25) is 0 Å². The van der Waals surface area contributed by atoms with E-state index in [0.717, 1.165) is 12.4 Å². The third-order valence-corrected chi connectivity index (χ3v) is 3.40. The molecule has 0 bridgehead atoms. The van der Waals surface area contributed by atoms with Crippen LogP contribution in [0.2, 0.25) is 0 Å². The topological polar surface area (TPSA) is 63.8 Å². The first kappa shape index (κ1) is 12.4. The number of nitrogens with zero attached hydrogens (tertiary/aromatic N) is 2. The van der Waals surface area contributed by atoms with Crippen molar-refractivity contribution in [2.24, 2.45) is 0 Å². The van der Waals surface area contributed by atoms with Gasteiger partial charge in [0.15, 0.2) is 5.16 Å². The van der Waals surface area contributed by atoms with Gasteiger partial charge in [-0.25, -0.2) is 9.97 Å². The molecule has 4 nitrogen and oxygen atoms in total. The first-order valence-corrected chi connectivity index (χ1v) is 7.12. The minimum absolute atomic E-state index is 0.508. The van der Waals surface area contributed by atoms with Crippen LogP contribution < -0.4 is 11.1 Å². The van der Waals surface area contributed by atoms with Crippen LogP contribution in [0, 0.1) is 0 Å². The largest absolute Gasteiger partial charge is 0.383 e. The second-order valence-electron chi connectivity index (χ2n) is 3.09. The molecule has 6 heteroatoms. The Bertz CT molecular complexity index is 319. The zero-order chi connectivity index (χ0) is 11.3. The third kappa shape index (κ3) is 4.17. The maximum Gasteiger partial charge on any atom is 0.191 e. The van der Waals surface area contributed by atoms with Gasteiger partial charge >= 0.3 is 0 Å². The molecule has 0 radical (unpaired) electrons. The van der Waals surface area contributed by atoms with E-state index in [1.807, 2.05) is 18.0 Å². The SMILES string of the molecule is CSc1nc(N)cc(NCC(C)SC)n1. The van der Waals surface area contributed by atoms with Crippen molar-refractivity contribution in [2.75, 3.05) is 30.1 Å². The van der Waals surface area contributed by atoms with Gasteiger partial charge in [-0.2, -0.15) is 11.8 Å². The number of nitrogens with one attached hydrogen (secondary N) is 1. The molecule has 0 fully saturated rings. The van der Waals surface area contributed by atoms with E-state index in [1.54, 1.807) is 6.07 Å². The molecule has 0 aromatic carbocycles. The van der Waals surface area contributed by atoms with Crippen LogP contribution in [-0.2, 0) is 0 Å². The lowest BCUT2D eigenvalue weighted by Crippen LogP contribution is -2.14. The van der Waals surface area contributed by atoms with E-state index in [-0.39, 0.29) is 0 Å². The van der Waals surface area contributed by atoms with Gasteiger partial charge < -0.3 is 11.1 Å². The van der Waals surface area contributed by atoms with Crippen LogP contribution in [0.1, 0.15) is 6.92 Å². The van der Waals surface area contributed by atoms with Crippen LogP contribution >= 0.6 is 23.5 Å². The fourth-order valence-corrected chi connectivity index (χ4v) is 1.59. The molecule has 0 saturated heterocycles. The summed E-state index contributed by atoms with van der Waals surface area (Å²) in [6.07, 6.45) is 4.02. The summed E-state index contributed by atoms with van der Waals surface area (Å²) >= 11 is 3.31. The van der Waals surface area contributed by atoms with Gasteiger partial charge in [-0.1, -0.05) is 18.7 Å². The summed E-state index contributed by atoms with van der Waals surface area (Å²) in [5.41, 5.74) is 5.66. The molecular formula is C9H16N4S2. The van der Waals surface area contributed by atoms with Crippen molar-refractivity contribution in [3.05, 3.63) is 6.07 Å². The van der Waals surface area contributed by atoms with Crippen LogP contribution in [0.5, 0.6) is 0 Å². The van der Waals surface area contributed by atoms with Crippen molar-refractivity contribution < 1.29 is 0 Å². The van der Waals surface area contributed by atoms with Gasteiger partial charge in [-0.05, 0) is 12.5 Å². The molecule has 0 aliphatic heterocycles. The fraction of sp³-hybridized carbons (Fsp3) is 0.556. The molecule has 0 saturated carbocycles. The minimum Gasteiger partial charge on any atom is -0.383 e. The highest BCUT2D eigenvalue weighted by molar-refractivity contribution is 7.99. The molecule has 3 N–H and O–H groups in total. The summed E-state index contributed by atoms with van der Waals surface area (Å²) < 4.78 is 0. The van der Waals surface area contributed by atoms with Gasteiger partial charge in [0.05, 0.1) is 0 Å². The number of anilines is 2. The van der Waals surface area contributed by atoms with Gasteiger partial charge in [-0.15, -0.1) is 0 Å². The van der Waals surface area contributed by atoms with Crippen molar-refractivity contribution in [3.8, 4) is 0 Å². The summed E-state index contributed by atoms with van der Waals surface area (Å²) in [6, 6.07) is 1.76. The number of aromatic nitrogens is 2. The lowest BCUT2D eigenvalue weighted by atomic mass is 10.4. The van der Waals surface area contributed by atoms with E-state index in [4.69, 9.17) is 5.73 Å². The van der Waals surface area contributed by atoms with E-state index in [9.17, 15) is 0 Å². The number of hydrogen-bond acceptors (Lipinski definition) is 6. The van der Waals surface area contributed by atoms with E-state index < -0.39 is 0 Å². The number of hydrogen-bond donors (Lipinski definition) is 2. The van der Waals surface area contributed by atoms with Crippen molar-refractivity contribution in [2.45, 2.75) is 17.3 Å². The molecule has 0 amide bonds. The monoisotopic (exact) mass is 244 g/mol. The predicted octanol–water partition coefficient (Wildman–Crippen LogP) is 1.94. The maximum atomic E-state index is 5.66. The van der Waals surface area contributed by atoms with Crippen LogP contribution in [0.3, 0.4) is 0 Å². The first-order chi connectivity index (χ1) is 7.15. The highest BCUT2D eigenvalue weighted by Gasteiger charge is 2.03. The van der Waals surface area contributed by atoms with Crippen molar-refractivity contribution in [1.29, 1.82) is 0 Å². The van der Waals surface area contributed by atoms with Gasteiger partial charge in [0.25, 0.3) is 0 Å². The number of nitrogen functional groups attached to an aromatic ring is 1. The van der Waals surface area contributed by atoms with Crippen molar-refractivity contribution in [3.63, 3.8) is 0 Å². The Hall–Kier alpha value is -0.620. The Labute approximate surface area is 98.8 Å². The molecule has 1 rings (SSSR count). The summed E-state index contributed by atoms with van der Waals surface area (Å²) in [5.74, 6) is 1.31. The van der Waals surface area contributed by atoms with E-state index in [1.165, 1.54) is 11.8 Å². The molecule has 0 aliphatic carbocycles. The Morgan fingerprint density at radius 2 is 2.20 bits per heavy atom. The van der Waals surface area contributed by atoms with Gasteiger partial charge in [-0.3, -0.25) is 0 Å². The lowest BCUT2D eigenvalue weighted by molar-refractivity contribution is 0.941. The van der Waals surface area contributed by atoms with Gasteiger partial charge in [0.1, 0.15) is 11.6 Å². The molecule has 0 aliphatic rings. The molecular weight excluding hydrogens is 228 g/mol. The molecule has 84 valence electrons. The van der Waals surface area contributed by atoms with Gasteiger partial charge in [0, 0.05) is 17.9 Å². The molecule has 1 aromatic heterocycles. The standard InChI is InChI=1S/C9H16N4S2/c1-6(14-2)5-11-8-4-7(10)12-9(13-8)15-3/h4,6H,5H2,1-3H3,(H3,10,11,12,13). The highest BCUT2D eigenvalue weighted by atomic mass is 32.2. The number of rotatable bonds is 5. The van der Waals surface area contributed by atoms with Crippen LogP contribution in [-0.4, -0.2) is 34.3 Å². The predicted molar refractivity (Wildman–Crippen MR) is 69.7 cm³/mol. The number of thioether (sulfide) groups is 2. The van der Waals surface area contributed by atoms with Crippen LogP contribution in [0.25, 0.3) is 0 Å². The molecule has 1 unspecified atom stereocenters. The summed E-state index contributed by atoms with van der Waals surface area (Å²) in [5, 5.41) is 4.50. The Balaban J connectivity index is 2.64. The third-order valence-electron chi connectivity index (χ3n) is 1.88. The minimum atomic E-state index is 0.508. The molecule has 0 spiro atoms. The number of nitrogens with two attached hydrogens (primary N) is 1. The molecule has 1 aromatic rings. The quantitative estimate of drug-likeness (QED) is 0.609.